The number of nitrogens with two attached hydrogens (primary N) is 1. The molecule has 4 N–H and O–H groups in total. The van der Waals surface area contributed by atoms with Crippen molar-refractivity contribution in [2.45, 2.75) is 0 Å². The van der Waals surface area contributed by atoms with Crippen molar-refractivity contribution in [3.05, 3.63) is 52.5 Å². The van der Waals surface area contributed by atoms with Crippen LogP contribution in [0.15, 0.2) is 36.4 Å². The quantitative estimate of drug-likeness (QED) is 0.760. The van der Waals surface area contributed by atoms with Gasteiger partial charge in [0.15, 0.2) is 0 Å². The van der Waals surface area contributed by atoms with E-state index in [9.17, 15) is 4.79 Å². The Morgan fingerprint density at radius 2 is 2.00 bits per heavy atom. The molecule has 0 saturated carbocycles. The van der Waals surface area contributed by atoms with Gasteiger partial charge < -0.3 is 16.4 Å². The maximum atomic E-state index is 11.6. The Bertz CT molecular complexity index is 737. The van der Waals surface area contributed by atoms with E-state index in [-0.39, 0.29) is 5.91 Å². The van der Waals surface area contributed by atoms with Gasteiger partial charge in [-0.1, -0.05) is 11.6 Å². The number of nitriles is 1. The normalized spacial score (nSPS) is 9.76. The molecular weight excluding hydrogens is 288 g/mol. The van der Waals surface area contributed by atoms with Gasteiger partial charge in [0.25, 0.3) is 5.91 Å². The molecule has 0 unspecified atom stereocenters. The zero-order valence-electron chi connectivity index (χ0n) is 11.3. The van der Waals surface area contributed by atoms with Gasteiger partial charge in [-0.05, 0) is 36.4 Å². The molecule has 5 nitrogen and oxygen atoms in total. The summed E-state index contributed by atoms with van der Waals surface area (Å²) in [6, 6.07) is 11.8. The topological polar surface area (TPSA) is 90.9 Å². The molecule has 0 aliphatic heterocycles. The third kappa shape index (κ3) is 3.25. The highest BCUT2D eigenvalue weighted by atomic mass is 35.5. The minimum Gasteiger partial charge on any atom is -0.397 e. The number of rotatable bonds is 3. The lowest BCUT2D eigenvalue weighted by Crippen LogP contribution is -2.18. The molecule has 0 saturated heterocycles. The summed E-state index contributed by atoms with van der Waals surface area (Å²) in [5, 5.41) is 14.8. The molecule has 0 spiro atoms. The Labute approximate surface area is 127 Å². The summed E-state index contributed by atoms with van der Waals surface area (Å²) in [7, 11) is 1.56. The monoisotopic (exact) mass is 300 g/mol. The largest absolute Gasteiger partial charge is 0.397 e. The van der Waals surface area contributed by atoms with Crippen LogP contribution < -0.4 is 16.4 Å². The average Bonchev–Trinajstić information content (AvgIpc) is 2.50. The second-order valence-corrected chi connectivity index (χ2v) is 4.72. The van der Waals surface area contributed by atoms with E-state index in [1.165, 1.54) is 0 Å². The number of nitrogen functional groups attached to an aromatic ring is 1. The standard InChI is InChI=1S/C15H13ClN4O/c1-19-15(21)10-3-4-12(18)14(7-10)20-13-5-2-9(8-17)6-11(13)16/h2-7,20H,18H2,1H3,(H,19,21). The van der Waals surface area contributed by atoms with Crippen LogP contribution in [-0.4, -0.2) is 13.0 Å². The van der Waals surface area contributed by atoms with Gasteiger partial charge >= 0.3 is 0 Å². The van der Waals surface area contributed by atoms with Crippen molar-refractivity contribution in [3.8, 4) is 6.07 Å². The molecule has 0 aliphatic carbocycles. The number of nitrogens with zero attached hydrogens (tertiary/aromatic N) is 1. The minimum absolute atomic E-state index is 0.205. The van der Waals surface area contributed by atoms with Crippen molar-refractivity contribution in [1.82, 2.24) is 5.32 Å². The summed E-state index contributed by atoms with van der Waals surface area (Å²) < 4.78 is 0. The summed E-state index contributed by atoms with van der Waals surface area (Å²) in [4.78, 5) is 11.6. The van der Waals surface area contributed by atoms with Gasteiger partial charge in [-0.15, -0.1) is 0 Å². The van der Waals surface area contributed by atoms with E-state index in [0.717, 1.165) is 0 Å². The molecule has 106 valence electrons. The van der Waals surface area contributed by atoms with Crippen molar-refractivity contribution in [2.75, 3.05) is 18.1 Å². The van der Waals surface area contributed by atoms with Crippen LogP contribution >= 0.6 is 11.6 Å². The summed E-state index contributed by atoms with van der Waals surface area (Å²) in [6.07, 6.45) is 0. The van der Waals surface area contributed by atoms with Gasteiger partial charge in [0.05, 0.1) is 33.7 Å². The highest BCUT2D eigenvalue weighted by Crippen LogP contribution is 2.29. The molecular formula is C15H13ClN4O. The first-order valence-corrected chi connectivity index (χ1v) is 6.51. The lowest BCUT2D eigenvalue weighted by molar-refractivity contribution is 0.0963. The first-order chi connectivity index (χ1) is 10.0. The Morgan fingerprint density at radius 3 is 2.62 bits per heavy atom. The molecule has 2 aromatic rings. The van der Waals surface area contributed by atoms with Gasteiger partial charge in [0, 0.05) is 12.6 Å². The zero-order chi connectivity index (χ0) is 15.4. The Kier molecular flexibility index (Phi) is 4.31. The predicted molar refractivity (Wildman–Crippen MR) is 83.7 cm³/mol. The van der Waals surface area contributed by atoms with Crippen molar-refractivity contribution in [1.29, 1.82) is 5.26 Å². The first kappa shape index (κ1) is 14.7. The minimum atomic E-state index is -0.205. The molecule has 0 heterocycles. The van der Waals surface area contributed by atoms with E-state index in [2.05, 4.69) is 10.6 Å². The number of hydrogen-bond donors (Lipinski definition) is 3. The van der Waals surface area contributed by atoms with Gasteiger partial charge in [0.1, 0.15) is 0 Å². The molecule has 0 aromatic heterocycles. The summed E-state index contributed by atoms with van der Waals surface area (Å²) in [5.41, 5.74) is 8.52. The average molecular weight is 301 g/mol. The highest BCUT2D eigenvalue weighted by Gasteiger charge is 2.09. The second-order valence-electron chi connectivity index (χ2n) is 4.31. The third-order valence-electron chi connectivity index (χ3n) is 2.91. The van der Waals surface area contributed by atoms with E-state index in [1.807, 2.05) is 6.07 Å². The number of carbonyl (C=O) groups excluding carboxylic acids is 1. The maximum Gasteiger partial charge on any atom is 0.251 e. The van der Waals surface area contributed by atoms with E-state index in [1.54, 1.807) is 43.4 Å². The number of carbonyl (C=O) groups is 1. The summed E-state index contributed by atoms with van der Waals surface area (Å²) in [6.45, 7) is 0. The smallest absolute Gasteiger partial charge is 0.251 e. The van der Waals surface area contributed by atoms with Crippen LogP contribution in [0.2, 0.25) is 5.02 Å². The van der Waals surface area contributed by atoms with Crippen molar-refractivity contribution >= 4 is 34.6 Å². The van der Waals surface area contributed by atoms with Crippen LogP contribution in [0.25, 0.3) is 0 Å². The molecule has 1 amide bonds. The fourth-order valence-corrected chi connectivity index (χ4v) is 2.01. The van der Waals surface area contributed by atoms with Gasteiger partial charge in [0.2, 0.25) is 0 Å². The third-order valence-corrected chi connectivity index (χ3v) is 3.22. The van der Waals surface area contributed by atoms with Crippen LogP contribution in [-0.2, 0) is 0 Å². The van der Waals surface area contributed by atoms with Gasteiger partial charge in [-0.2, -0.15) is 5.26 Å². The molecule has 2 aromatic carbocycles. The number of halogens is 1. The van der Waals surface area contributed by atoms with Gasteiger partial charge in [-0.3, -0.25) is 4.79 Å². The van der Waals surface area contributed by atoms with Crippen LogP contribution in [0.3, 0.4) is 0 Å². The number of benzene rings is 2. The van der Waals surface area contributed by atoms with Crippen LogP contribution in [0.4, 0.5) is 17.1 Å². The second kappa shape index (κ2) is 6.16. The van der Waals surface area contributed by atoms with Crippen LogP contribution in [0.5, 0.6) is 0 Å². The Balaban J connectivity index is 2.35. The lowest BCUT2D eigenvalue weighted by Gasteiger charge is -2.12. The maximum absolute atomic E-state index is 11.6. The molecule has 21 heavy (non-hydrogen) atoms. The molecule has 6 heteroatoms. The first-order valence-electron chi connectivity index (χ1n) is 6.13. The number of hydrogen-bond acceptors (Lipinski definition) is 4. The lowest BCUT2D eigenvalue weighted by atomic mass is 10.1. The molecule has 0 bridgehead atoms. The van der Waals surface area contributed by atoms with Crippen LogP contribution in [0.1, 0.15) is 15.9 Å². The molecule has 0 atom stereocenters. The fraction of sp³-hybridized carbons (Fsp3) is 0.0667. The molecule has 0 aliphatic rings. The molecule has 0 radical (unpaired) electrons. The fourth-order valence-electron chi connectivity index (χ4n) is 1.78. The molecule has 2 rings (SSSR count). The number of amides is 1. The van der Waals surface area contributed by atoms with E-state index >= 15 is 0 Å². The molecule has 0 fully saturated rings. The van der Waals surface area contributed by atoms with E-state index in [0.29, 0.717) is 33.2 Å². The predicted octanol–water partition coefficient (Wildman–Crippen LogP) is 2.90. The highest BCUT2D eigenvalue weighted by molar-refractivity contribution is 6.33. The van der Waals surface area contributed by atoms with Crippen LogP contribution in [0, 0.1) is 11.3 Å². The van der Waals surface area contributed by atoms with Crippen molar-refractivity contribution in [3.63, 3.8) is 0 Å². The number of nitrogens with one attached hydrogen (secondary N) is 2. The summed E-state index contributed by atoms with van der Waals surface area (Å²) in [5.74, 6) is -0.205. The van der Waals surface area contributed by atoms with E-state index < -0.39 is 0 Å². The SMILES string of the molecule is CNC(=O)c1ccc(N)c(Nc2ccc(C#N)cc2Cl)c1. The van der Waals surface area contributed by atoms with E-state index in [4.69, 9.17) is 22.6 Å². The van der Waals surface area contributed by atoms with Crippen molar-refractivity contribution < 1.29 is 4.79 Å². The van der Waals surface area contributed by atoms with Crippen molar-refractivity contribution in [2.24, 2.45) is 0 Å². The van der Waals surface area contributed by atoms with Gasteiger partial charge in [-0.25, -0.2) is 0 Å². The zero-order valence-corrected chi connectivity index (χ0v) is 12.0. The Morgan fingerprint density at radius 1 is 1.24 bits per heavy atom. The Hall–Kier alpha value is -2.71. The summed E-state index contributed by atoms with van der Waals surface area (Å²) >= 11 is 6.11. The number of anilines is 3.